The molecule has 2 heterocycles. The van der Waals surface area contributed by atoms with Gasteiger partial charge in [-0.15, -0.1) is 11.3 Å². The van der Waals surface area contributed by atoms with Crippen molar-refractivity contribution in [2.45, 2.75) is 11.4 Å². The third-order valence-electron chi connectivity index (χ3n) is 3.96. The number of piperazine rings is 1. The number of nitrogens with two attached hydrogens (primary N) is 1. The number of aromatic nitrogens is 1. The van der Waals surface area contributed by atoms with E-state index in [0.29, 0.717) is 24.8 Å². The molecule has 1 aromatic heterocycles. The van der Waals surface area contributed by atoms with Crippen molar-refractivity contribution in [1.82, 2.24) is 14.2 Å². The SMILES string of the molecule is Nc1ncc(CN2CCN(S(=O)(=O)c3ccccc3[N+](=O)[O-])CC2)s1. The molecule has 25 heavy (non-hydrogen) atoms. The van der Waals surface area contributed by atoms with E-state index in [1.165, 1.54) is 39.9 Å². The monoisotopic (exact) mass is 383 g/mol. The minimum absolute atomic E-state index is 0.260. The van der Waals surface area contributed by atoms with Crippen LogP contribution in [0.4, 0.5) is 10.8 Å². The first kappa shape index (κ1) is 17.7. The van der Waals surface area contributed by atoms with E-state index in [-0.39, 0.29) is 18.0 Å². The van der Waals surface area contributed by atoms with E-state index >= 15 is 0 Å². The van der Waals surface area contributed by atoms with Gasteiger partial charge in [0.25, 0.3) is 5.69 Å². The van der Waals surface area contributed by atoms with Crippen LogP contribution >= 0.6 is 11.3 Å². The third-order valence-corrected chi connectivity index (χ3v) is 6.72. The summed E-state index contributed by atoms with van der Waals surface area (Å²) >= 11 is 1.41. The highest BCUT2D eigenvalue weighted by molar-refractivity contribution is 7.89. The van der Waals surface area contributed by atoms with Crippen LogP contribution in [-0.4, -0.2) is 53.7 Å². The van der Waals surface area contributed by atoms with Gasteiger partial charge in [-0.05, 0) is 6.07 Å². The fourth-order valence-corrected chi connectivity index (χ4v) is 5.02. The van der Waals surface area contributed by atoms with Crippen LogP contribution < -0.4 is 5.73 Å². The number of sulfonamides is 1. The average Bonchev–Trinajstić information content (AvgIpc) is 3.00. The first-order chi connectivity index (χ1) is 11.9. The number of hydrogen-bond acceptors (Lipinski definition) is 8. The summed E-state index contributed by atoms with van der Waals surface area (Å²) in [6, 6.07) is 5.43. The lowest BCUT2D eigenvalue weighted by Crippen LogP contribution is -2.48. The molecule has 1 aromatic carbocycles. The zero-order valence-corrected chi connectivity index (χ0v) is 14.9. The van der Waals surface area contributed by atoms with Gasteiger partial charge in [0.1, 0.15) is 0 Å². The van der Waals surface area contributed by atoms with Crippen molar-refractivity contribution in [2.24, 2.45) is 0 Å². The highest BCUT2D eigenvalue weighted by Gasteiger charge is 2.33. The van der Waals surface area contributed by atoms with Crippen molar-refractivity contribution in [1.29, 1.82) is 0 Å². The molecule has 0 unspecified atom stereocenters. The number of nitrogen functional groups attached to an aromatic ring is 1. The Hall–Kier alpha value is -2.08. The Labute approximate surface area is 148 Å². The highest BCUT2D eigenvalue weighted by atomic mass is 32.2. The van der Waals surface area contributed by atoms with Crippen molar-refractivity contribution < 1.29 is 13.3 Å². The van der Waals surface area contributed by atoms with Crippen LogP contribution in [0.2, 0.25) is 0 Å². The van der Waals surface area contributed by atoms with Crippen molar-refractivity contribution >= 4 is 32.2 Å². The van der Waals surface area contributed by atoms with Gasteiger partial charge in [-0.3, -0.25) is 15.0 Å². The molecule has 9 nitrogen and oxygen atoms in total. The second-order valence-electron chi connectivity index (χ2n) is 5.57. The molecule has 3 rings (SSSR count). The molecule has 1 saturated heterocycles. The lowest BCUT2D eigenvalue weighted by molar-refractivity contribution is -0.387. The maximum atomic E-state index is 12.8. The average molecular weight is 383 g/mol. The van der Waals surface area contributed by atoms with Gasteiger partial charge >= 0.3 is 0 Å². The molecular weight excluding hydrogens is 366 g/mol. The number of hydrogen-bond donors (Lipinski definition) is 1. The minimum atomic E-state index is -3.89. The molecule has 1 aliphatic rings. The largest absolute Gasteiger partial charge is 0.375 e. The fraction of sp³-hybridized carbons (Fsp3) is 0.357. The lowest BCUT2D eigenvalue weighted by atomic mass is 10.3. The smallest absolute Gasteiger partial charge is 0.289 e. The summed E-state index contributed by atoms with van der Waals surface area (Å²) in [5, 5.41) is 11.6. The van der Waals surface area contributed by atoms with E-state index in [2.05, 4.69) is 9.88 Å². The molecule has 1 aliphatic heterocycles. The summed E-state index contributed by atoms with van der Waals surface area (Å²) in [7, 11) is -3.89. The van der Waals surface area contributed by atoms with Gasteiger partial charge in [0, 0.05) is 49.9 Å². The summed E-state index contributed by atoms with van der Waals surface area (Å²) in [4.78, 5) is 17.3. The molecular formula is C14H17N5O4S2. The minimum Gasteiger partial charge on any atom is -0.375 e. The second-order valence-corrected chi connectivity index (χ2v) is 8.62. The molecule has 11 heteroatoms. The molecule has 2 aromatic rings. The Bertz CT molecular complexity index is 875. The summed E-state index contributed by atoms with van der Waals surface area (Å²) in [5.41, 5.74) is 5.21. The number of nitrogens with zero attached hydrogens (tertiary/aromatic N) is 4. The molecule has 1 fully saturated rings. The Morgan fingerprint density at radius 3 is 2.52 bits per heavy atom. The molecule has 134 valence electrons. The molecule has 0 bridgehead atoms. The number of thiazole rings is 1. The van der Waals surface area contributed by atoms with E-state index in [1.54, 1.807) is 6.20 Å². The quantitative estimate of drug-likeness (QED) is 0.606. The molecule has 0 spiro atoms. The van der Waals surface area contributed by atoms with Gasteiger partial charge in [-0.2, -0.15) is 4.31 Å². The number of nitro groups is 1. The molecule has 0 amide bonds. The van der Waals surface area contributed by atoms with Gasteiger partial charge in [0.05, 0.1) is 4.92 Å². The summed E-state index contributed by atoms with van der Waals surface area (Å²) < 4.78 is 26.8. The molecule has 0 aliphatic carbocycles. The molecule has 0 atom stereocenters. The van der Waals surface area contributed by atoms with E-state index in [4.69, 9.17) is 5.73 Å². The van der Waals surface area contributed by atoms with Crippen LogP contribution in [0.1, 0.15) is 4.88 Å². The maximum Gasteiger partial charge on any atom is 0.289 e. The van der Waals surface area contributed by atoms with Crippen LogP contribution in [-0.2, 0) is 16.6 Å². The fourth-order valence-electron chi connectivity index (χ4n) is 2.71. The Morgan fingerprint density at radius 1 is 1.24 bits per heavy atom. The van der Waals surface area contributed by atoms with E-state index in [0.717, 1.165) is 4.88 Å². The number of anilines is 1. The van der Waals surface area contributed by atoms with Crippen LogP contribution in [0.15, 0.2) is 35.4 Å². The number of para-hydroxylation sites is 1. The Kier molecular flexibility index (Phi) is 4.99. The molecule has 0 saturated carbocycles. The number of nitro benzene ring substituents is 1. The summed E-state index contributed by atoms with van der Waals surface area (Å²) in [6.07, 6.45) is 1.72. The van der Waals surface area contributed by atoms with E-state index in [1.807, 2.05) is 0 Å². The molecule has 2 N–H and O–H groups in total. The lowest BCUT2D eigenvalue weighted by Gasteiger charge is -2.33. The van der Waals surface area contributed by atoms with E-state index < -0.39 is 20.6 Å². The first-order valence-electron chi connectivity index (χ1n) is 7.54. The Morgan fingerprint density at radius 2 is 1.92 bits per heavy atom. The Balaban J connectivity index is 1.71. The summed E-state index contributed by atoms with van der Waals surface area (Å²) in [5.74, 6) is 0. The first-order valence-corrected chi connectivity index (χ1v) is 9.79. The van der Waals surface area contributed by atoms with Gasteiger partial charge in [-0.1, -0.05) is 12.1 Å². The maximum absolute atomic E-state index is 12.8. The zero-order chi connectivity index (χ0) is 18.0. The van der Waals surface area contributed by atoms with Gasteiger partial charge in [0.15, 0.2) is 10.0 Å². The third kappa shape index (κ3) is 3.79. The standard InChI is InChI=1S/C14H17N5O4S2/c15-14-16-9-11(24-14)10-17-5-7-18(8-6-17)25(22,23)13-4-2-1-3-12(13)19(20)21/h1-4,9H,5-8,10H2,(H2,15,16). The van der Waals surface area contributed by atoms with Crippen molar-refractivity contribution in [3.8, 4) is 0 Å². The van der Waals surface area contributed by atoms with Crippen LogP contribution in [0, 0.1) is 10.1 Å². The zero-order valence-electron chi connectivity index (χ0n) is 13.2. The highest BCUT2D eigenvalue weighted by Crippen LogP contribution is 2.27. The van der Waals surface area contributed by atoms with Crippen LogP contribution in [0.25, 0.3) is 0 Å². The number of rotatable bonds is 5. The predicted molar refractivity (Wildman–Crippen MR) is 93.7 cm³/mol. The van der Waals surface area contributed by atoms with Gasteiger partial charge in [-0.25, -0.2) is 13.4 Å². The van der Waals surface area contributed by atoms with Crippen LogP contribution in [0.5, 0.6) is 0 Å². The van der Waals surface area contributed by atoms with Crippen LogP contribution in [0.3, 0.4) is 0 Å². The normalized spacial score (nSPS) is 16.8. The van der Waals surface area contributed by atoms with Gasteiger partial charge in [0.2, 0.25) is 10.0 Å². The summed E-state index contributed by atoms with van der Waals surface area (Å²) in [6.45, 7) is 2.30. The van der Waals surface area contributed by atoms with Crippen molar-refractivity contribution in [2.75, 3.05) is 31.9 Å². The molecule has 0 radical (unpaired) electrons. The number of benzene rings is 1. The van der Waals surface area contributed by atoms with Crippen molar-refractivity contribution in [3.63, 3.8) is 0 Å². The van der Waals surface area contributed by atoms with Crippen molar-refractivity contribution in [3.05, 3.63) is 45.5 Å². The second kappa shape index (κ2) is 7.04. The predicted octanol–water partition coefficient (Wildman–Crippen LogP) is 1.14. The van der Waals surface area contributed by atoms with Gasteiger partial charge < -0.3 is 5.73 Å². The van der Waals surface area contributed by atoms with E-state index in [9.17, 15) is 18.5 Å². The topological polar surface area (TPSA) is 123 Å².